The second-order valence-corrected chi connectivity index (χ2v) is 4.71. The quantitative estimate of drug-likeness (QED) is 0.834. The number of hydrogen-bond acceptors (Lipinski definition) is 5. The van der Waals surface area contributed by atoms with Gasteiger partial charge in [-0.1, -0.05) is 6.92 Å². The third-order valence-corrected chi connectivity index (χ3v) is 3.53. The van der Waals surface area contributed by atoms with Crippen LogP contribution in [0.4, 0.5) is 0 Å². The lowest BCUT2D eigenvalue weighted by Gasteiger charge is -2.26. The Morgan fingerprint density at radius 2 is 2.33 bits per heavy atom. The molecule has 0 aliphatic carbocycles. The Hall–Kier alpha value is -0.490. The summed E-state index contributed by atoms with van der Waals surface area (Å²) in [4.78, 5) is 5.64. The van der Waals surface area contributed by atoms with Crippen molar-refractivity contribution in [1.82, 2.24) is 15.4 Å². The van der Waals surface area contributed by atoms with E-state index < -0.39 is 0 Å². The lowest BCUT2D eigenvalue weighted by atomic mass is 10.5. The van der Waals surface area contributed by atoms with E-state index in [2.05, 4.69) is 22.3 Å². The molecule has 1 aromatic rings. The van der Waals surface area contributed by atoms with Gasteiger partial charge in [-0.05, 0) is 6.42 Å². The Labute approximate surface area is 94.2 Å². The van der Waals surface area contributed by atoms with Crippen LogP contribution < -0.4 is 5.43 Å². The van der Waals surface area contributed by atoms with E-state index in [1.54, 1.807) is 11.3 Å². The lowest BCUT2D eigenvalue weighted by Crippen LogP contribution is -2.45. The lowest BCUT2D eigenvalue weighted by molar-refractivity contribution is 0.0107. The predicted molar refractivity (Wildman–Crippen MR) is 60.7 cm³/mol. The van der Waals surface area contributed by atoms with Crippen molar-refractivity contribution in [2.75, 3.05) is 26.3 Å². The highest BCUT2D eigenvalue weighted by Gasteiger charge is 2.09. The number of hydrogen-bond donors (Lipinski definition) is 1. The van der Waals surface area contributed by atoms with Gasteiger partial charge in [0.15, 0.2) is 0 Å². The molecule has 4 nitrogen and oxygen atoms in total. The summed E-state index contributed by atoms with van der Waals surface area (Å²) in [7, 11) is 0. The molecule has 0 bridgehead atoms. The summed E-state index contributed by atoms with van der Waals surface area (Å²) in [6, 6.07) is 0. The summed E-state index contributed by atoms with van der Waals surface area (Å²) in [6.45, 7) is 6.63. The Morgan fingerprint density at radius 1 is 1.53 bits per heavy atom. The van der Waals surface area contributed by atoms with Crippen LogP contribution in [-0.2, 0) is 17.7 Å². The van der Waals surface area contributed by atoms with Gasteiger partial charge in [0.05, 0.1) is 18.2 Å². The largest absolute Gasteiger partial charge is 0.379 e. The fourth-order valence-electron chi connectivity index (χ4n) is 1.50. The molecular weight excluding hydrogens is 210 g/mol. The van der Waals surface area contributed by atoms with Crippen LogP contribution in [0.2, 0.25) is 0 Å². The van der Waals surface area contributed by atoms with E-state index >= 15 is 0 Å². The first-order valence-corrected chi connectivity index (χ1v) is 6.20. The van der Waals surface area contributed by atoms with Crippen molar-refractivity contribution < 1.29 is 4.74 Å². The summed E-state index contributed by atoms with van der Waals surface area (Å²) in [5, 5.41) is 3.43. The number of hydrazine groups is 1. The zero-order valence-electron chi connectivity index (χ0n) is 9.03. The minimum Gasteiger partial charge on any atom is -0.379 e. The van der Waals surface area contributed by atoms with Crippen molar-refractivity contribution in [2.45, 2.75) is 19.9 Å². The van der Waals surface area contributed by atoms with Crippen molar-refractivity contribution in [3.05, 3.63) is 16.1 Å². The Bertz CT molecular complexity index is 297. The molecule has 84 valence electrons. The van der Waals surface area contributed by atoms with Gasteiger partial charge in [-0.3, -0.25) is 0 Å². The number of ether oxygens (including phenoxy) is 1. The minimum absolute atomic E-state index is 0.829. The third kappa shape index (κ3) is 3.24. The highest BCUT2D eigenvalue weighted by molar-refractivity contribution is 7.11. The number of thiazole rings is 1. The van der Waals surface area contributed by atoms with E-state index in [4.69, 9.17) is 4.74 Å². The highest BCUT2D eigenvalue weighted by atomic mass is 32.1. The van der Waals surface area contributed by atoms with Crippen LogP contribution >= 0.6 is 11.3 Å². The van der Waals surface area contributed by atoms with Gasteiger partial charge in [-0.15, -0.1) is 11.3 Å². The second-order valence-electron chi connectivity index (χ2n) is 3.51. The van der Waals surface area contributed by atoms with Crippen LogP contribution in [0.15, 0.2) is 6.20 Å². The van der Waals surface area contributed by atoms with Crippen LogP contribution in [0, 0.1) is 0 Å². The smallest absolute Gasteiger partial charge is 0.0925 e. The van der Waals surface area contributed by atoms with E-state index in [-0.39, 0.29) is 0 Å². The fourth-order valence-corrected chi connectivity index (χ4v) is 2.30. The highest BCUT2D eigenvalue weighted by Crippen LogP contribution is 2.13. The average Bonchev–Trinajstić information content (AvgIpc) is 2.76. The van der Waals surface area contributed by atoms with Crippen LogP contribution in [-0.4, -0.2) is 36.3 Å². The summed E-state index contributed by atoms with van der Waals surface area (Å²) in [5.41, 5.74) is 3.40. The summed E-state index contributed by atoms with van der Waals surface area (Å²) >= 11 is 1.79. The number of nitrogens with one attached hydrogen (secondary N) is 1. The van der Waals surface area contributed by atoms with Gasteiger partial charge >= 0.3 is 0 Å². The standard InChI is InChI=1S/C10H17N3OS/c1-2-10-11-7-9(15-10)8-12-13-3-5-14-6-4-13/h7,12H,2-6,8H2,1H3. The molecule has 1 saturated heterocycles. The maximum atomic E-state index is 5.28. The summed E-state index contributed by atoms with van der Waals surface area (Å²) < 4.78 is 5.28. The molecule has 0 saturated carbocycles. The van der Waals surface area contributed by atoms with Crippen LogP contribution in [0.1, 0.15) is 16.8 Å². The molecule has 1 aliphatic rings. The molecule has 0 amide bonds. The third-order valence-electron chi connectivity index (χ3n) is 2.39. The molecular formula is C10H17N3OS. The number of morpholine rings is 1. The van der Waals surface area contributed by atoms with Crippen LogP contribution in [0.5, 0.6) is 0 Å². The predicted octanol–water partition coefficient (Wildman–Crippen LogP) is 1.04. The topological polar surface area (TPSA) is 37.4 Å². The van der Waals surface area contributed by atoms with Crippen molar-refractivity contribution in [1.29, 1.82) is 0 Å². The second kappa shape index (κ2) is 5.55. The fraction of sp³-hybridized carbons (Fsp3) is 0.700. The normalized spacial score (nSPS) is 18.2. The molecule has 0 unspecified atom stereocenters. The van der Waals surface area contributed by atoms with E-state index in [1.165, 1.54) is 9.88 Å². The summed E-state index contributed by atoms with van der Waals surface area (Å²) in [5.74, 6) is 0. The van der Waals surface area contributed by atoms with Gasteiger partial charge in [0.25, 0.3) is 0 Å². The Morgan fingerprint density at radius 3 is 3.00 bits per heavy atom. The zero-order chi connectivity index (χ0) is 10.5. The Balaban J connectivity index is 1.76. The molecule has 1 aromatic heterocycles. The van der Waals surface area contributed by atoms with E-state index in [0.29, 0.717) is 0 Å². The maximum Gasteiger partial charge on any atom is 0.0925 e. The number of aryl methyl sites for hydroxylation is 1. The van der Waals surface area contributed by atoms with Crippen molar-refractivity contribution in [3.8, 4) is 0 Å². The zero-order valence-corrected chi connectivity index (χ0v) is 9.85. The first-order valence-electron chi connectivity index (χ1n) is 5.38. The van der Waals surface area contributed by atoms with Gasteiger partial charge in [-0.25, -0.2) is 15.4 Å². The van der Waals surface area contributed by atoms with E-state index in [1.807, 2.05) is 6.20 Å². The minimum atomic E-state index is 0.829. The molecule has 1 N–H and O–H groups in total. The van der Waals surface area contributed by atoms with E-state index in [0.717, 1.165) is 39.3 Å². The first kappa shape index (κ1) is 11.0. The van der Waals surface area contributed by atoms with Crippen LogP contribution in [0.3, 0.4) is 0 Å². The van der Waals surface area contributed by atoms with Crippen molar-refractivity contribution in [3.63, 3.8) is 0 Å². The SMILES string of the molecule is CCc1ncc(CNN2CCOCC2)s1. The van der Waals surface area contributed by atoms with Crippen molar-refractivity contribution >= 4 is 11.3 Å². The molecule has 2 rings (SSSR count). The Kier molecular flexibility index (Phi) is 4.08. The molecule has 5 heteroatoms. The van der Waals surface area contributed by atoms with E-state index in [9.17, 15) is 0 Å². The molecule has 1 fully saturated rings. The monoisotopic (exact) mass is 227 g/mol. The first-order chi connectivity index (χ1) is 7.38. The van der Waals surface area contributed by atoms with Gasteiger partial charge in [0.1, 0.15) is 0 Å². The number of aromatic nitrogens is 1. The molecule has 2 heterocycles. The van der Waals surface area contributed by atoms with Crippen molar-refractivity contribution in [2.24, 2.45) is 0 Å². The number of nitrogens with zero attached hydrogens (tertiary/aromatic N) is 2. The molecule has 0 aromatic carbocycles. The van der Waals surface area contributed by atoms with Gasteiger partial charge in [0.2, 0.25) is 0 Å². The maximum absolute atomic E-state index is 5.28. The summed E-state index contributed by atoms with van der Waals surface area (Å²) in [6.07, 6.45) is 3.00. The molecule has 1 aliphatic heterocycles. The molecule has 15 heavy (non-hydrogen) atoms. The van der Waals surface area contributed by atoms with Crippen LogP contribution in [0.25, 0.3) is 0 Å². The number of rotatable bonds is 4. The molecule has 0 spiro atoms. The molecule has 0 radical (unpaired) electrons. The molecule has 0 atom stereocenters. The average molecular weight is 227 g/mol. The van der Waals surface area contributed by atoms with Gasteiger partial charge < -0.3 is 4.74 Å². The van der Waals surface area contributed by atoms with Gasteiger partial charge in [-0.2, -0.15) is 0 Å². The van der Waals surface area contributed by atoms with Gasteiger partial charge in [0, 0.05) is 30.7 Å².